The molecule has 1 aromatic rings. The third-order valence-electron chi connectivity index (χ3n) is 5.58. The standard InChI is InChI=1S/C20H30N4O4.C2H4O2/c1-19(2,3)28-17(25)21-14-11-20(12-14)9-13(10-20)16(22-23-18(26)27-5)15-7-6-8-24(15)4;1-4-2-3/h6-8,13-14H,9-12H2,1-5H3,(H,21,25)(H,23,26);2H,1H3/b22-16+;. The predicted molar refractivity (Wildman–Crippen MR) is 118 cm³/mol. The second kappa shape index (κ2) is 10.5. The lowest BCUT2D eigenvalue weighted by Gasteiger charge is -2.57. The summed E-state index contributed by atoms with van der Waals surface area (Å²) in [6.45, 7) is 5.95. The van der Waals surface area contributed by atoms with Gasteiger partial charge in [-0.15, -0.1) is 0 Å². The van der Waals surface area contributed by atoms with Crippen molar-refractivity contribution in [3.8, 4) is 0 Å². The molecule has 0 saturated heterocycles. The third kappa shape index (κ3) is 6.73. The summed E-state index contributed by atoms with van der Waals surface area (Å²) in [5.74, 6) is 0.272. The summed E-state index contributed by atoms with van der Waals surface area (Å²) in [7, 11) is 4.59. The van der Waals surface area contributed by atoms with E-state index < -0.39 is 11.7 Å². The quantitative estimate of drug-likeness (QED) is 0.308. The van der Waals surface area contributed by atoms with E-state index in [0.29, 0.717) is 6.47 Å². The zero-order valence-corrected chi connectivity index (χ0v) is 19.6. The van der Waals surface area contributed by atoms with E-state index in [1.54, 1.807) is 0 Å². The predicted octanol–water partition coefficient (Wildman–Crippen LogP) is 2.96. The van der Waals surface area contributed by atoms with E-state index in [9.17, 15) is 9.59 Å². The molecule has 0 aliphatic heterocycles. The minimum atomic E-state index is -0.578. The molecule has 178 valence electrons. The van der Waals surface area contributed by atoms with Crippen molar-refractivity contribution >= 4 is 24.4 Å². The largest absolute Gasteiger partial charge is 0.471 e. The van der Waals surface area contributed by atoms with Gasteiger partial charge in [0.15, 0.2) is 0 Å². The van der Waals surface area contributed by atoms with Crippen LogP contribution in [0.4, 0.5) is 9.59 Å². The molecule has 0 radical (unpaired) electrons. The second-order valence-corrected chi connectivity index (χ2v) is 9.29. The number of aromatic nitrogens is 1. The van der Waals surface area contributed by atoms with Crippen LogP contribution >= 0.6 is 0 Å². The molecule has 0 bridgehead atoms. The van der Waals surface area contributed by atoms with Crippen molar-refractivity contribution in [1.29, 1.82) is 0 Å². The summed E-state index contributed by atoms with van der Waals surface area (Å²) < 4.78 is 15.8. The molecule has 32 heavy (non-hydrogen) atoms. The molecular formula is C22H34N4O6. The van der Waals surface area contributed by atoms with E-state index in [2.05, 4.69) is 25.3 Å². The lowest BCUT2D eigenvalue weighted by atomic mass is 9.49. The molecule has 1 heterocycles. The van der Waals surface area contributed by atoms with Gasteiger partial charge in [-0.1, -0.05) is 0 Å². The normalized spacial score (nSPS) is 24.1. The Morgan fingerprint density at radius 1 is 1.19 bits per heavy atom. The molecule has 2 fully saturated rings. The number of nitrogens with zero attached hydrogens (tertiary/aromatic N) is 2. The van der Waals surface area contributed by atoms with Gasteiger partial charge in [-0.2, -0.15) is 5.10 Å². The summed E-state index contributed by atoms with van der Waals surface area (Å²) in [5, 5.41) is 7.29. The number of hydrogen-bond donors (Lipinski definition) is 2. The van der Waals surface area contributed by atoms with Crippen molar-refractivity contribution in [2.75, 3.05) is 14.2 Å². The molecule has 0 aromatic carbocycles. The SMILES string of the molecule is COC(=O)N/N=C(/c1cccn1C)C1CC2(CC(NC(=O)OC(C)(C)C)C2)C1.COC=O. The lowest BCUT2D eigenvalue weighted by Crippen LogP contribution is -2.58. The topological polar surface area (TPSA) is 120 Å². The van der Waals surface area contributed by atoms with Gasteiger partial charge in [0.25, 0.3) is 6.47 Å². The Morgan fingerprint density at radius 2 is 1.81 bits per heavy atom. The van der Waals surface area contributed by atoms with Crippen LogP contribution in [0.2, 0.25) is 0 Å². The minimum Gasteiger partial charge on any atom is -0.471 e. The van der Waals surface area contributed by atoms with Gasteiger partial charge in [0.2, 0.25) is 0 Å². The number of hydrogen-bond acceptors (Lipinski definition) is 7. The number of ether oxygens (including phenoxy) is 3. The van der Waals surface area contributed by atoms with E-state index in [-0.39, 0.29) is 23.5 Å². The van der Waals surface area contributed by atoms with Crippen molar-refractivity contribution in [2.24, 2.45) is 23.5 Å². The van der Waals surface area contributed by atoms with Gasteiger partial charge in [0, 0.05) is 25.2 Å². The molecule has 0 unspecified atom stereocenters. The van der Waals surface area contributed by atoms with Crippen molar-refractivity contribution < 1.29 is 28.6 Å². The van der Waals surface area contributed by atoms with Crippen LogP contribution in [0.3, 0.4) is 0 Å². The Balaban J connectivity index is 0.000000837. The number of nitrogens with one attached hydrogen (secondary N) is 2. The van der Waals surface area contributed by atoms with Crippen LogP contribution in [-0.2, 0) is 26.1 Å². The Morgan fingerprint density at radius 3 is 2.28 bits per heavy atom. The van der Waals surface area contributed by atoms with Crippen LogP contribution in [0, 0.1) is 11.3 Å². The molecule has 2 aliphatic rings. The zero-order chi connectivity index (χ0) is 23.9. The molecule has 2 saturated carbocycles. The van der Waals surface area contributed by atoms with E-state index in [1.165, 1.54) is 14.2 Å². The summed E-state index contributed by atoms with van der Waals surface area (Å²) in [4.78, 5) is 32.3. The van der Waals surface area contributed by atoms with Crippen molar-refractivity contribution in [2.45, 2.75) is 58.1 Å². The van der Waals surface area contributed by atoms with Crippen LogP contribution in [0.1, 0.15) is 52.1 Å². The van der Waals surface area contributed by atoms with Gasteiger partial charge in [-0.3, -0.25) is 4.79 Å². The third-order valence-corrected chi connectivity index (χ3v) is 5.58. The van der Waals surface area contributed by atoms with Crippen molar-refractivity contribution in [3.63, 3.8) is 0 Å². The van der Waals surface area contributed by atoms with E-state index >= 15 is 0 Å². The van der Waals surface area contributed by atoms with Gasteiger partial charge in [-0.25, -0.2) is 15.0 Å². The highest BCUT2D eigenvalue weighted by Gasteiger charge is 2.54. The maximum absolute atomic E-state index is 11.9. The average Bonchev–Trinajstić information content (AvgIpc) is 3.08. The monoisotopic (exact) mass is 450 g/mol. The molecule has 3 rings (SSSR count). The number of hydrazone groups is 1. The zero-order valence-electron chi connectivity index (χ0n) is 19.6. The van der Waals surface area contributed by atoms with Gasteiger partial charge < -0.3 is 24.1 Å². The molecule has 10 nitrogen and oxygen atoms in total. The van der Waals surface area contributed by atoms with E-state index in [0.717, 1.165) is 37.1 Å². The molecule has 2 N–H and O–H groups in total. The number of carbonyl (C=O) groups is 3. The van der Waals surface area contributed by atoms with Crippen molar-refractivity contribution in [3.05, 3.63) is 24.0 Å². The Labute approximate surface area is 188 Å². The highest BCUT2D eigenvalue weighted by molar-refractivity contribution is 6.02. The fourth-order valence-electron chi connectivity index (χ4n) is 4.31. The summed E-state index contributed by atoms with van der Waals surface area (Å²) in [6.07, 6.45) is 4.92. The molecule has 1 spiro atoms. The maximum atomic E-state index is 11.9. The molecule has 2 amide bonds. The first-order valence-corrected chi connectivity index (χ1v) is 10.5. The van der Waals surface area contributed by atoms with Gasteiger partial charge >= 0.3 is 12.2 Å². The summed E-state index contributed by atoms with van der Waals surface area (Å²) in [5.41, 5.74) is 4.08. The fraction of sp³-hybridized carbons (Fsp3) is 0.636. The highest BCUT2D eigenvalue weighted by atomic mass is 16.6. The van der Waals surface area contributed by atoms with Gasteiger partial charge in [0.05, 0.1) is 25.6 Å². The van der Waals surface area contributed by atoms with Gasteiger partial charge in [-0.05, 0) is 64.0 Å². The Hall–Kier alpha value is -3.04. The Bertz CT molecular complexity index is 828. The molecule has 2 aliphatic carbocycles. The minimum absolute atomic E-state index is 0.166. The molecular weight excluding hydrogens is 416 g/mol. The van der Waals surface area contributed by atoms with Crippen molar-refractivity contribution in [1.82, 2.24) is 15.3 Å². The van der Waals surface area contributed by atoms with Crippen LogP contribution < -0.4 is 10.7 Å². The Kier molecular flexibility index (Phi) is 8.29. The van der Waals surface area contributed by atoms with Crippen LogP contribution in [0.5, 0.6) is 0 Å². The number of aryl methyl sites for hydroxylation is 1. The first-order chi connectivity index (χ1) is 15.0. The second-order valence-electron chi connectivity index (χ2n) is 9.29. The molecule has 10 heteroatoms. The smallest absolute Gasteiger partial charge is 0.427 e. The molecule has 1 aromatic heterocycles. The molecule has 0 atom stereocenters. The van der Waals surface area contributed by atoms with Crippen LogP contribution in [0.15, 0.2) is 23.4 Å². The number of rotatable bonds is 5. The fourth-order valence-corrected chi connectivity index (χ4v) is 4.31. The number of amides is 2. The van der Waals surface area contributed by atoms with Crippen LogP contribution in [0.25, 0.3) is 0 Å². The summed E-state index contributed by atoms with van der Waals surface area (Å²) in [6, 6.07) is 4.12. The van der Waals surface area contributed by atoms with Gasteiger partial charge in [0.1, 0.15) is 5.60 Å². The lowest BCUT2D eigenvalue weighted by molar-refractivity contribution is -0.126. The van der Waals surface area contributed by atoms with E-state index in [1.807, 2.05) is 50.7 Å². The highest BCUT2D eigenvalue weighted by Crippen LogP contribution is 2.59. The first-order valence-electron chi connectivity index (χ1n) is 10.5. The number of methoxy groups -OCH3 is 2. The number of alkyl carbamates (subject to hydrolysis) is 1. The number of carbonyl (C=O) groups excluding carboxylic acids is 3. The summed E-state index contributed by atoms with van der Waals surface area (Å²) >= 11 is 0. The van der Waals surface area contributed by atoms with Crippen LogP contribution in [-0.4, -0.2) is 54.8 Å². The van der Waals surface area contributed by atoms with E-state index in [4.69, 9.17) is 9.53 Å². The maximum Gasteiger partial charge on any atom is 0.427 e. The average molecular weight is 451 g/mol. The first kappa shape index (κ1) is 25.2.